The van der Waals surface area contributed by atoms with Gasteiger partial charge in [0, 0.05) is 5.54 Å². The molecule has 0 aromatic rings. The molecule has 0 radical (unpaired) electrons. The summed E-state index contributed by atoms with van der Waals surface area (Å²) in [4.78, 5) is 21.4. The number of amides is 1. The van der Waals surface area contributed by atoms with Crippen molar-refractivity contribution in [2.24, 2.45) is 5.92 Å². The number of hydrogen-bond acceptors (Lipinski definition) is 2. The van der Waals surface area contributed by atoms with Crippen LogP contribution in [-0.4, -0.2) is 28.7 Å². The van der Waals surface area contributed by atoms with Crippen molar-refractivity contribution in [2.75, 3.05) is 0 Å². The molecule has 17 heavy (non-hydrogen) atoms. The summed E-state index contributed by atoms with van der Waals surface area (Å²) in [6, 6.07) is 0. The van der Waals surface area contributed by atoms with Crippen LogP contribution in [0.25, 0.3) is 0 Å². The minimum Gasteiger partial charge on any atom is -0.481 e. The number of carboxylic acids is 1. The molecule has 1 atom stereocenters. The van der Waals surface area contributed by atoms with Crippen LogP contribution in [0.1, 0.15) is 33.6 Å². The van der Waals surface area contributed by atoms with Crippen LogP contribution < -0.4 is 5.32 Å². The molecule has 0 aliphatic heterocycles. The Morgan fingerprint density at radius 2 is 1.76 bits per heavy atom. The van der Waals surface area contributed by atoms with Crippen LogP contribution >= 0.6 is 0 Å². The molecule has 1 unspecified atom stereocenters. The van der Waals surface area contributed by atoms with Gasteiger partial charge in [-0.25, -0.2) is 0 Å². The van der Waals surface area contributed by atoms with Gasteiger partial charge in [-0.15, -0.1) is 0 Å². The Balaban J connectivity index is 4.82. The zero-order chi connectivity index (χ0) is 13.9. The molecule has 1 amide bonds. The van der Waals surface area contributed by atoms with Gasteiger partial charge in [-0.3, -0.25) is 9.59 Å². The van der Waals surface area contributed by atoms with Gasteiger partial charge in [0.15, 0.2) is 0 Å². The van der Waals surface area contributed by atoms with Crippen molar-refractivity contribution < 1.29 is 27.9 Å². The highest BCUT2D eigenvalue weighted by molar-refractivity contribution is 5.83. The monoisotopic (exact) mass is 255 g/mol. The van der Waals surface area contributed by atoms with Gasteiger partial charge in [0.1, 0.15) is 0 Å². The third-order valence-corrected chi connectivity index (χ3v) is 2.07. The maximum atomic E-state index is 12.1. The Morgan fingerprint density at radius 3 is 2.06 bits per heavy atom. The van der Waals surface area contributed by atoms with Crippen molar-refractivity contribution in [3.05, 3.63) is 0 Å². The largest absolute Gasteiger partial charge is 0.481 e. The second-order valence-electron chi connectivity index (χ2n) is 4.68. The van der Waals surface area contributed by atoms with Crippen molar-refractivity contribution in [2.45, 2.75) is 45.3 Å². The average molecular weight is 255 g/mol. The van der Waals surface area contributed by atoms with Gasteiger partial charge in [-0.2, -0.15) is 13.2 Å². The zero-order valence-corrected chi connectivity index (χ0v) is 9.89. The molecule has 0 rings (SSSR count). The highest BCUT2D eigenvalue weighted by Gasteiger charge is 2.43. The van der Waals surface area contributed by atoms with Crippen LogP contribution in [0.3, 0.4) is 0 Å². The molecule has 100 valence electrons. The molecule has 0 aliphatic carbocycles. The Kier molecular flexibility index (Phi) is 4.97. The fourth-order valence-corrected chi connectivity index (χ4v) is 1.75. The van der Waals surface area contributed by atoms with Gasteiger partial charge >= 0.3 is 18.1 Å². The highest BCUT2D eigenvalue weighted by Crippen LogP contribution is 2.23. The predicted octanol–water partition coefficient (Wildman–Crippen LogP) is 1.94. The predicted molar refractivity (Wildman–Crippen MR) is 54.3 cm³/mol. The lowest BCUT2D eigenvalue weighted by Crippen LogP contribution is -2.52. The first-order valence-electron chi connectivity index (χ1n) is 5.07. The minimum atomic E-state index is -5.00. The van der Waals surface area contributed by atoms with E-state index in [4.69, 9.17) is 5.11 Å². The molecule has 0 fully saturated rings. The summed E-state index contributed by atoms with van der Waals surface area (Å²) in [6.45, 7) is 4.77. The summed E-state index contributed by atoms with van der Waals surface area (Å²) < 4.78 is 36.3. The first-order chi connectivity index (χ1) is 7.46. The van der Waals surface area contributed by atoms with Crippen molar-refractivity contribution in [3.63, 3.8) is 0 Å². The van der Waals surface area contributed by atoms with Gasteiger partial charge < -0.3 is 10.4 Å². The van der Waals surface area contributed by atoms with E-state index in [0.29, 0.717) is 0 Å². The molecule has 4 nitrogen and oxygen atoms in total. The molecular weight excluding hydrogens is 239 g/mol. The van der Waals surface area contributed by atoms with Gasteiger partial charge in [0.25, 0.3) is 0 Å². The lowest BCUT2D eigenvalue weighted by atomic mass is 9.87. The summed E-state index contributed by atoms with van der Waals surface area (Å²) in [6.07, 6.45) is -5.40. The molecule has 0 saturated heterocycles. The number of aliphatic carboxylic acids is 1. The average Bonchev–Trinajstić information content (AvgIpc) is 1.96. The number of alkyl halides is 3. The van der Waals surface area contributed by atoms with Crippen molar-refractivity contribution in [1.82, 2.24) is 5.32 Å². The van der Waals surface area contributed by atoms with E-state index in [1.807, 2.05) is 0 Å². The number of halogens is 3. The highest BCUT2D eigenvalue weighted by atomic mass is 19.4. The van der Waals surface area contributed by atoms with Crippen LogP contribution in [-0.2, 0) is 9.59 Å². The first kappa shape index (κ1) is 15.7. The van der Waals surface area contributed by atoms with Crippen LogP contribution in [0.2, 0.25) is 0 Å². The van der Waals surface area contributed by atoms with Gasteiger partial charge in [-0.1, -0.05) is 13.8 Å². The van der Waals surface area contributed by atoms with Crippen molar-refractivity contribution in [1.29, 1.82) is 0 Å². The Hall–Kier alpha value is -1.27. The van der Waals surface area contributed by atoms with E-state index < -0.39 is 30.0 Å². The molecule has 0 aliphatic rings. The van der Waals surface area contributed by atoms with E-state index >= 15 is 0 Å². The Labute approximate surface area is 97.2 Å². The van der Waals surface area contributed by atoms with Crippen molar-refractivity contribution >= 4 is 11.9 Å². The third kappa shape index (κ3) is 6.13. The molecule has 0 bridgehead atoms. The second kappa shape index (κ2) is 5.37. The summed E-state index contributed by atoms with van der Waals surface area (Å²) in [7, 11) is 0. The molecule has 7 heteroatoms. The molecule has 2 N–H and O–H groups in total. The van der Waals surface area contributed by atoms with Crippen LogP contribution in [0.4, 0.5) is 13.2 Å². The lowest BCUT2D eigenvalue weighted by Gasteiger charge is -2.31. The van der Waals surface area contributed by atoms with Gasteiger partial charge in [0.2, 0.25) is 0 Å². The van der Waals surface area contributed by atoms with E-state index in [2.05, 4.69) is 0 Å². The molecule has 0 heterocycles. The zero-order valence-electron chi connectivity index (χ0n) is 9.89. The fourth-order valence-electron chi connectivity index (χ4n) is 1.75. The summed E-state index contributed by atoms with van der Waals surface area (Å²) in [5.74, 6) is -3.40. The quantitative estimate of drug-likeness (QED) is 0.789. The van der Waals surface area contributed by atoms with E-state index in [9.17, 15) is 22.8 Å². The van der Waals surface area contributed by atoms with Crippen LogP contribution in [0, 0.1) is 5.92 Å². The molecule has 0 aromatic heterocycles. The molecule has 0 spiro atoms. The fraction of sp³-hybridized carbons (Fsp3) is 0.800. The maximum Gasteiger partial charge on any atom is 0.471 e. The van der Waals surface area contributed by atoms with E-state index in [1.165, 1.54) is 6.92 Å². The maximum absolute atomic E-state index is 12.1. The molecule has 0 saturated carbocycles. The summed E-state index contributed by atoms with van der Waals surface area (Å²) in [5, 5.41) is 10.4. The number of carbonyl (C=O) groups is 2. The smallest absolute Gasteiger partial charge is 0.471 e. The van der Waals surface area contributed by atoms with Crippen LogP contribution in [0.5, 0.6) is 0 Å². The number of rotatable bonds is 5. The number of hydrogen-bond donors (Lipinski definition) is 2. The summed E-state index contributed by atoms with van der Waals surface area (Å²) in [5.41, 5.74) is -1.40. The topological polar surface area (TPSA) is 66.4 Å². The van der Waals surface area contributed by atoms with Crippen molar-refractivity contribution in [3.8, 4) is 0 Å². The SMILES string of the molecule is CC(C)CC(C)(CC(=O)O)NC(=O)C(F)(F)F. The Morgan fingerprint density at radius 1 is 1.29 bits per heavy atom. The van der Waals surface area contributed by atoms with Gasteiger partial charge in [-0.05, 0) is 19.3 Å². The normalized spacial score (nSPS) is 15.5. The first-order valence-corrected chi connectivity index (χ1v) is 5.07. The van der Waals surface area contributed by atoms with Crippen LogP contribution in [0.15, 0.2) is 0 Å². The third-order valence-electron chi connectivity index (χ3n) is 2.07. The van der Waals surface area contributed by atoms with E-state index in [-0.39, 0.29) is 12.3 Å². The lowest BCUT2D eigenvalue weighted by molar-refractivity contribution is -0.176. The number of nitrogens with one attached hydrogen (secondary N) is 1. The number of carbonyl (C=O) groups excluding carboxylic acids is 1. The standard InChI is InChI=1S/C10H16F3NO3/c1-6(2)4-9(3,5-7(15)16)14-8(17)10(11,12)13/h6H,4-5H2,1-3H3,(H,14,17)(H,15,16). The second-order valence-corrected chi connectivity index (χ2v) is 4.68. The van der Waals surface area contributed by atoms with E-state index in [0.717, 1.165) is 0 Å². The van der Waals surface area contributed by atoms with Gasteiger partial charge in [0.05, 0.1) is 6.42 Å². The summed E-state index contributed by atoms with van der Waals surface area (Å²) >= 11 is 0. The van der Waals surface area contributed by atoms with E-state index in [1.54, 1.807) is 19.2 Å². The molecule has 0 aromatic carbocycles. The molecular formula is C10H16F3NO3. The number of carboxylic acid groups (broad SMARTS) is 1. The Bertz CT molecular complexity index is 302. The minimum absolute atomic E-state index is 0.0344.